The first-order valence-electron chi connectivity index (χ1n) is 7.61. The standard InChI is InChI=1S/C18H19ClN4O/c1-22(11-14-7-9-15(24-2)10-8-14)13-23-18(20-12-21-23)16-5-3-4-6-17(16)19/h3-10,12H,11,13H2,1-2H3. The molecule has 0 radical (unpaired) electrons. The third-order valence-electron chi connectivity index (χ3n) is 3.72. The number of hydrogen-bond acceptors (Lipinski definition) is 4. The average Bonchev–Trinajstić information content (AvgIpc) is 3.03. The first kappa shape index (κ1) is 16.5. The summed E-state index contributed by atoms with van der Waals surface area (Å²) in [5, 5.41) is 5.00. The van der Waals surface area contributed by atoms with Gasteiger partial charge >= 0.3 is 0 Å². The zero-order valence-electron chi connectivity index (χ0n) is 13.7. The number of benzene rings is 2. The Kier molecular flexibility index (Phi) is 5.13. The zero-order valence-corrected chi connectivity index (χ0v) is 14.4. The highest BCUT2D eigenvalue weighted by atomic mass is 35.5. The fourth-order valence-corrected chi connectivity index (χ4v) is 2.76. The summed E-state index contributed by atoms with van der Waals surface area (Å²) in [5.41, 5.74) is 2.09. The molecule has 0 bridgehead atoms. The average molecular weight is 343 g/mol. The summed E-state index contributed by atoms with van der Waals surface area (Å²) in [6.45, 7) is 1.42. The molecule has 24 heavy (non-hydrogen) atoms. The van der Waals surface area contributed by atoms with Crippen molar-refractivity contribution in [3.63, 3.8) is 0 Å². The molecule has 0 spiro atoms. The van der Waals surface area contributed by atoms with Crippen LogP contribution in [0.2, 0.25) is 5.02 Å². The van der Waals surface area contributed by atoms with Gasteiger partial charge in [0.25, 0.3) is 0 Å². The third-order valence-corrected chi connectivity index (χ3v) is 4.05. The van der Waals surface area contributed by atoms with E-state index in [1.165, 1.54) is 5.56 Å². The van der Waals surface area contributed by atoms with Gasteiger partial charge in [-0.25, -0.2) is 9.67 Å². The van der Waals surface area contributed by atoms with Gasteiger partial charge in [-0.15, -0.1) is 0 Å². The van der Waals surface area contributed by atoms with Gasteiger partial charge in [-0.1, -0.05) is 35.9 Å². The summed E-state index contributed by atoms with van der Waals surface area (Å²) in [7, 11) is 3.71. The maximum absolute atomic E-state index is 6.28. The highest BCUT2D eigenvalue weighted by Gasteiger charge is 2.12. The fourth-order valence-electron chi connectivity index (χ4n) is 2.54. The SMILES string of the molecule is COc1ccc(CN(C)Cn2ncnc2-c2ccccc2Cl)cc1. The first-order valence-corrected chi connectivity index (χ1v) is 7.99. The van der Waals surface area contributed by atoms with Crippen LogP contribution in [0.25, 0.3) is 11.4 Å². The molecule has 0 unspecified atom stereocenters. The lowest BCUT2D eigenvalue weighted by Gasteiger charge is -2.18. The van der Waals surface area contributed by atoms with Crippen molar-refractivity contribution in [3.05, 3.63) is 65.4 Å². The molecule has 0 amide bonds. The fraction of sp³-hybridized carbons (Fsp3) is 0.222. The number of methoxy groups -OCH3 is 1. The Balaban J connectivity index is 1.72. The van der Waals surface area contributed by atoms with Crippen LogP contribution in [0.4, 0.5) is 0 Å². The van der Waals surface area contributed by atoms with E-state index in [-0.39, 0.29) is 0 Å². The molecule has 3 aromatic rings. The monoisotopic (exact) mass is 342 g/mol. The summed E-state index contributed by atoms with van der Waals surface area (Å²) in [6, 6.07) is 15.7. The Bertz CT molecular complexity index is 801. The summed E-state index contributed by atoms with van der Waals surface area (Å²) in [4.78, 5) is 6.52. The second-order valence-electron chi connectivity index (χ2n) is 5.57. The van der Waals surface area contributed by atoms with Crippen molar-refractivity contribution in [3.8, 4) is 17.1 Å². The largest absolute Gasteiger partial charge is 0.497 e. The Hall–Kier alpha value is -2.37. The summed E-state index contributed by atoms with van der Waals surface area (Å²) in [6.07, 6.45) is 1.56. The maximum atomic E-state index is 6.28. The summed E-state index contributed by atoms with van der Waals surface area (Å²) < 4.78 is 7.04. The van der Waals surface area contributed by atoms with Gasteiger partial charge in [0.15, 0.2) is 5.82 Å². The van der Waals surface area contributed by atoms with Crippen molar-refractivity contribution in [2.75, 3.05) is 14.2 Å². The molecule has 0 aliphatic heterocycles. The number of halogens is 1. The van der Waals surface area contributed by atoms with Crippen molar-refractivity contribution in [2.45, 2.75) is 13.2 Å². The van der Waals surface area contributed by atoms with E-state index in [1.807, 2.05) is 48.1 Å². The molecule has 2 aromatic carbocycles. The third kappa shape index (κ3) is 3.75. The number of rotatable bonds is 6. The number of nitrogens with zero attached hydrogens (tertiary/aromatic N) is 4. The number of hydrogen-bond donors (Lipinski definition) is 0. The Labute approximate surface area is 146 Å². The van der Waals surface area contributed by atoms with Crippen LogP contribution in [0.3, 0.4) is 0 Å². The molecule has 0 N–H and O–H groups in total. The van der Waals surface area contributed by atoms with Gasteiger partial charge in [-0.2, -0.15) is 5.10 Å². The molecule has 1 heterocycles. The maximum Gasteiger partial charge on any atom is 0.160 e. The van der Waals surface area contributed by atoms with Crippen LogP contribution in [0.1, 0.15) is 5.56 Å². The van der Waals surface area contributed by atoms with E-state index in [4.69, 9.17) is 16.3 Å². The van der Waals surface area contributed by atoms with E-state index in [2.05, 4.69) is 27.1 Å². The van der Waals surface area contributed by atoms with Crippen molar-refractivity contribution >= 4 is 11.6 Å². The van der Waals surface area contributed by atoms with Crippen molar-refractivity contribution in [1.82, 2.24) is 19.7 Å². The predicted octanol–water partition coefficient (Wildman–Crippen LogP) is 3.70. The molecule has 0 atom stereocenters. The van der Waals surface area contributed by atoms with Crippen LogP contribution in [-0.4, -0.2) is 33.8 Å². The van der Waals surface area contributed by atoms with Gasteiger partial charge in [0.1, 0.15) is 12.1 Å². The second kappa shape index (κ2) is 7.47. The molecule has 0 saturated carbocycles. The number of aromatic nitrogens is 3. The summed E-state index contributed by atoms with van der Waals surface area (Å²) >= 11 is 6.28. The predicted molar refractivity (Wildman–Crippen MR) is 94.9 cm³/mol. The van der Waals surface area contributed by atoms with Gasteiger partial charge in [-0.05, 0) is 36.9 Å². The molecule has 6 heteroatoms. The van der Waals surface area contributed by atoms with E-state index < -0.39 is 0 Å². The van der Waals surface area contributed by atoms with Crippen LogP contribution in [-0.2, 0) is 13.2 Å². The quantitative estimate of drug-likeness (QED) is 0.685. The van der Waals surface area contributed by atoms with E-state index in [1.54, 1.807) is 13.4 Å². The molecule has 0 aliphatic rings. The zero-order chi connectivity index (χ0) is 16.9. The minimum atomic E-state index is 0.618. The van der Waals surface area contributed by atoms with E-state index in [0.29, 0.717) is 11.7 Å². The minimum Gasteiger partial charge on any atom is -0.497 e. The van der Waals surface area contributed by atoms with Gasteiger partial charge in [-0.3, -0.25) is 4.90 Å². The van der Waals surface area contributed by atoms with Crippen molar-refractivity contribution < 1.29 is 4.74 Å². The smallest absolute Gasteiger partial charge is 0.160 e. The number of ether oxygens (including phenoxy) is 1. The Morgan fingerprint density at radius 3 is 2.58 bits per heavy atom. The lowest BCUT2D eigenvalue weighted by atomic mass is 10.2. The lowest BCUT2D eigenvalue weighted by Crippen LogP contribution is -2.23. The van der Waals surface area contributed by atoms with E-state index in [0.717, 1.165) is 23.7 Å². The molecule has 0 aliphatic carbocycles. The Morgan fingerprint density at radius 1 is 1.12 bits per heavy atom. The molecule has 0 saturated heterocycles. The first-order chi connectivity index (χ1) is 11.7. The van der Waals surface area contributed by atoms with E-state index >= 15 is 0 Å². The van der Waals surface area contributed by atoms with Gasteiger partial charge in [0.05, 0.1) is 18.8 Å². The van der Waals surface area contributed by atoms with Crippen LogP contribution < -0.4 is 4.74 Å². The van der Waals surface area contributed by atoms with Crippen LogP contribution in [0, 0.1) is 0 Å². The van der Waals surface area contributed by atoms with Crippen molar-refractivity contribution in [1.29, 1.82) is 0 Å². The lowest BCUT2D eigenvalue weighted by molar-refractivity contribution is 0.248. The Morgan fingerprint density at radius 2 is 1.88 bits per heavy atom. The second-order valence-corrected chi connectivity index (χ2v) is 5.97. The van der Waals surface area contributed by atoms with Crippen LogP contribution >= 0.6 is 11.6 Å². The van der Waals surface area contributed by atoms with Crippen LogP contribution in [0.5, 0.6) is 5.75 Å². The van der Waals surface area contributed by atoms with Gasteiger partial charge in [0.2, 0.25) is 0 Å². The molecule has 124 valence electrons. The minimum absolute atomic E-state index is 0.618. The topological polar surface area (TPSA) is 43.2 Å². The highest BCUT2D eigenvalue weighted by Crippen LogP contribution is 2.25. The molecular formula is C18H19ClN4O. The van der Waals surface area contributed by atoms with Gasteiger partial charge < -0.3 is 4.74 Å². The molecule has 5 nitrogen and oxygen atoms in total. The molecular weight excluding hydrogens is 324 g/mol. The van der Waals surface area contributed by atoms with Gasteiger partial charge in [0, 0.05) is 12.1 Å². The highest BCUT2D eigenvalue weighted by molar-refractivity contribution is 6.33. The normalized spacial score (nSPS) is 11.0. The van der Waals surface area contributed by atoms with Crippen molar-refractivity contribution in [2.24, 2.45) is 0 Å². The molecule has 1 aromatic heterocycles. The molecule has 0 fully saturated rings. The van der Waals surface area contributed by atoms with E-state index in [9.17, 15) is 0 Å². The molecule has 3 rings (SSSR count). The summed E-state index contributed by atoms with van der Waals surface area (Å²) in [5.74, 6) is 1.63. The van der Waals surface area contributed by atoms with Crippen LogP contribution in [0.15, 0.2) is 54.9 Å².